The number of carbonyl (C=O) groups excluding carboxylic acids is 3. The van der Waals surface area contributed by atoms with Crippen molar-refractivity contribution in [2.45, 2.75) is 58.8 Å². The van der Waals surface area contributed by atoms with Crippen LogP contribution in [0.15, 0.2) is 18.2 Å². The van der Waals surface area contributed by atoms with E-state index in [-0.39, 0.29) is 18.3 Å². The number of ether oxygens (including phenoxy) is 1. The molecule has 0 aliphatic carbocycles. The molecule has 176 valence electrons. The van der Waals surface area contributed by atoms with E-state index in [1.54, 1.807) is 12.1 Å². The minimum atomic E-state index is -2.79. The minimum absolute atomic E-state index is 0.0139. The first-order valence-corrected chi connectivity index (χ1v) is 10.6. The quantitative estimate of drug-likeness (QED) is 0.670. The number of aromatic nitrogens is 3. The van der Waals surface area contributed by atoms with E-state index in [0.717, 1.165) is 5.69 Å². The third-order valence-electron chi connectivity index (χ3n) is 6.33. The Bertz CT molecular complexity index is 1120. The number of morpholine rings is 1. The first-order valence-electron chi connectivity index (χ1n) is 10.6. The predicted octanol–water partition coefficient (Wildman–Crippen LogP) is 2.19. The summed E-state index contributed by atoms with van der Waals surface area (Å²) in [5, 5.41) is 8.39. The number of anilines is 1. The highest BCUT2D eigenvalue weighted by atomic mass is 19.3. The summed E-state index contributed by atoms with van der Waals surface area (Å²) in [5.41, 5.74) is 0.351. The van der Waals surface area contributed by atoms with Gasteiger partial charge in [-0.2, -0.15) is 5.10 Å². The van der Waals surface area contributed by atoms with Gasteiger partial charge in [-0.25, -0.2) is 13.8 Å². The highest BCUT2D eigenvalue weighted by Gasteiger charge is 2.59. The lowest BCUT2D eigenvalue weighted by atomic mass is 9.65. The number of carbonyl (C=O) groups is 3. The molecule has 2 aromatic rings. The van der Waals surface area contributed by atoms with Crippen molar-refractivity contribution in [2.24, 2.45) is 5.41 Å². The Kier molecular flexibility index (Phi) is 5.77. The van der Waals surface area contributed by atoms with Gasteiger partial charge in [0.15, 0.2) is 11.6 Å². The zero-order valence-corrected chi connectivity index (χ0v) is 18.7. The van der Waals surface area contributed by atoms with Crippen LogP contribution in [-0.4, -0.2) is 57.6 Å². The molecule has 9 nitrogen and oxygen atoms in total. The van der Waals surface area contributed by atoms with Crippen molar-refractivity contribution in [1.82, 2.24) is 20.5 Å². The molecule has 1 aromatic heterocycles. The van der Waals surface area contributed by atoms with Crippen LogP contribution < -0.4 is 10.2 Å². The monoisotopic (exact) mass is 461 g/mol. The van der Waals surface area contributed by atoms with Crippen molar-refractivity contribution in [3.8, 4) is 11.4 Å². The maximum absolute atomic E-state index is 13.3. The molecule has 0 unspecified atom stereocenters. The molecule has 4 atom stereocenters. The third-order valence-corrected chi connectivity index (χ3v) is 6.33. The van der Waals surface area contributed by atoms with Crippen molar-refractivity contribution in [3.05, 3.63) is 29.6 Å². The highest BCUT2D eigenvalue weighted by Crippen LogP contribution is 2.47. The molecule has 2 N–H and O–H groups in total. The molecule has 2 aliphatic rings. The Balaban J connectivity index is 1.86. The number of imide groups is 1. The average Bonchev–Trinajstić information content (AvgIpc) is 3.22. The molecular formula is C22H25F2N5O4. The van der Waals surface area contributed by atoms with Crippen LogP contribution in [0.4, 0.5) is 14.5 Å². The zero-order chi connectivity index (χ0) is 24.1. The van der Waals surface area contributed by atoms with Crippen molar-refractivity contribution in [1.29, 1.82) is 0 Å². The van der Waals surface area contributed by atoms with Crippen LogP contribution in [0.5, 0.6) is 0 Å². The van der Waals surface area contributed by atoms with Crippen LogP contribution in [0.3, 0.4) is 0 Å². The van der Waals surface area contributed by atoms with Crippen LogP contribution in [0.25, 0.3) is 11.4 Å². The van der Waals surface area contributed by atoms with Gasteiger partial charge in [0, 0.05) is 24.7 Å². The number of H-pyrrole nitrogens is 1. The van der Waals surface area contributed by atoms with E-state index in [0.29, 0.717) is 17.7 Å². The van der Waals surface area contributed by atoms with E-state index in [4.69, 9.17) is 4.74 Å². The normalized spacial score (nSPS) is 26.5. The number of fused-ring (bicyclic) bond motifs is 3. The Labute approximate surface area is 188 Å². The van der Waals surface area contributed by atoms with Crippen LogP contribution >= 0.6 is 0 Å². The molecule has 4 rings (SSSR count). The third kappa shape index (κ3) is 3.79. The zero-order valence-electron chi connectivity index (χ0n) is 18.7. The fourth-order valence-electron chi connectivity index (χ4n) is 5.07. The van der Waals surface area contributed by atoms with Crippen LogP contribution in [-0.2, 0) is 25.5 Å². The first kappa shape index (κ1) is 23.0. The lowest BCUT2D eigenvalue weighted by Gasteiger charge is -2.54. The van der Waals surface area contributed by atoms with Gasteiger partial charge in [0.1, 0.15) is 11.2 Å². The number of hydrogen-bond acceptors (Lipinski definition) is 7. The molecule has 0 bridgehead atoms. The molecular weight excluding hydrogens is 436 g/mol. The van der Waals surface area contributed by atoms with Gasteiger partial charge < -0.3 is 9.64 Å². The topological polar surface area (TPSA) is 117 Å². The van der Waals surface area contributed by atoms with E-state index < -0.39 is 47.4 Å². The smallest absolute Gasteiger partial charge is 0.296 e. The summed E-state index contributed by atoms with van der Waals surface area (Å²) in [6.45, 7) is 6.69. The molecule has 2 amide bonds. The van der Waals surface area contributed by atoms with E-state index in [9.17, 15) is 23.2 Å². The molecule has 11 heteroatoms. The second-order valence-electron chi connectivity index (χ2n) is 8.65. The van der Waals surface area contributed by atoms with Gasteiger partial charge >= 0.3 is 0 Å². The molecule has 3 heterocycles. The molecule has 0 saturated carbocycles. The molecule has 1 fully saturated rings. The maximum atomic E-state index is 13.3. The first-order chi connectivity index (χ1) is 15.5. The summed E-state index contributed by atoms with van der Waals surface area (Å²) >= 11 is 0. The summed E-state index contributed by atoms with van der Waals surface area (Å²) in [5.74, 6) is -2.10. The highest BCUT2D eigenvalue weighted by molar-refractivity contribution is 6.11. The van der Waals surface area contributed by atoms with E-state index >= 15 is 0 Å². The fraction of sp³-hybridized carbons (Fsp3) is 0.500. The number of alkyl halides is 2. The Hall–Kier alpha value is -3.21. The van der Waals surface area contributed by atoms with Gasteiger partial charge in [0.05, 0.1) is 18.2 Å². The predicted molar refractivity (Wildman–Crippen MR) is 114 cm³/mol. The van der Waals surface area contributed by atoms with Crippen LogP contribution in [0.1, 0.15) is 45.5 Å². The average molecular weight is 461 g/mol. The number of aromatic amines is 1. The number of ketones is 1. The molecule has 0 spiro atoms. The minimum Gasteiger partial charge on any atom is -0.372 e. The van der Waals surface area contributed by atoms with E-state index in [1.807, 2.05) is 24.8 Å². The van der Waals surface area contributed by atoms with Crippen molar-refractivity contribution >= 4 is 23.3 Å². The van der Waals surface area contributed by atoms with Crippen LogP contribution in [0, 0.1) is 5.41 Å². The number of hydrogen-bond donors (Lipinski definition) is 2. The largest absolute Gasteiger partial charge is 0.372 e. The number of amides is 2. The van der Waals surface area contributed by atoms with Gasteiger partial charge in [-0.15, -0.1) is 0 Å². The van der Waals surface area contributed by atoms with Crippen LogP contribution in [0.2, 0.25) is 0 Å². The number of nitrogens with one attached hydrogen (secondary N) is 2. The van der Waals surface area contributed by atoms with Gasteiger partial charge in [-0.05, 0) is 51.0 Å². The second-order valence-corrected chi connectivity index (χ2v) is 8.65. The number of rotatable bonds is 4. The van der Waals surface area contributed by atoms with Gasteiger partial charge in [0.2, 0.25) is 11.8 Å². The van der Waals surface area contributed by atoms with Crippen molar-refractivity contribution in [3.63, 3.8) is 0 Å². The summed E-state index contributed by atoms with van der Waals surface area (Å²) in [6.07, 6.45) is -3.41. The number of benzene rings is 1. The fourth-order valence-corrected chi connectivity index (χ4v) is 5.07. The summed E-state index contributed by atoms with van der Waals surface area (Å²) in [7, 11) is 0. The molecule has 0 radical (unpaired) electrons. The lowest BCUT2D eigenvalue weighted by Crippen LogP contribution is -2.69. The number of nitrogens with zero attached hydrogens (tertiary/aromatic N) is 3. The lowest BCUT2D eigenvalue weighted by molar-refractivity contribution is -0.151. The summed E-state index contributed by atoms with van der Waals surface area (Å²) in [4.78, 5) is 44.0. The van der Waals surface area contributed by atoms with Crippen molar-refractivity contribution < 1.29 is 27.9 Å². The Morgan fingerprint density at radius 3 is 2.61 bits per heavy atom. The van der Waals surface area contributed by atoms with Gasteiger partial charge in [-0.3, -0.25) is 24.8 Å². The van der Waals surface area contributed by atoms with E-state index in [2.05, 4.69) is 20.5 Å². The molecule has 33 heavy (non-hydrogen) atoms. The van der Waals surface area contributed by atoms with Crippen molar-refractivity contribution in [2.75, 3.05) is 11.4 Å². The molecule has 1 aromatic carbocycles. The second kappa shape index (κ2) is 8.29. The van der Waals surface area contributed by atoms with Gasteiger partial charge in [0.25, 0.3) is 6.43 Å². The molecule has 1 saturated heterocycles. The van der Waals surface area contributed by atoms with Gasteiger partial charge in [-0.1, -0.05) is 0 Å². The number of halogens is 2. The SMILES string of the molecule is CC(=O)NC(=O)[C@]1(C(C)=O)Cc2cc(-c3n[nH]c(C(F)F)n3)ccc2N2C[C@@H](C)O[C@@H](C)[C@@H]21. The Morgan fingerprint density at radius 1 is 1.27 bits per heavy atom. The summed E-state index contributed by atoms with van der Waals surface area (Å²) < 4.78 is 31.9. The standard InChI is InChI=1S/C22H25F2N5O4/c1-10-9-29-16-6-5-14(19-26-20(18(23)24)28-27-19)7-15(16)8-22(12(3)30,17(29)11(2)33-10)21(32)25-13(4)31/h5-7,10-11,17-18H,8-9H2,1-4H3,(H,25,31,32)(H,26,27,28)/t10-,11+,17-,22+/m1/s1. The molecule has 2 aliphatic heterocycles. The number of Topliss-reactive ketones (excluding diaryl/α,β-unsaturated/α-hetero) is 1. The van der Waals surface area contributed by atoms with E-state index in [1.165, 1.54) is 13.8 Å². The summed E-state index contributed by atoms with van der Waals surface area (Å²) in [6, 6.07) is 4.61. The Morgan fingerprint density at radius 2 is 2.00 bits per heavy atom. The maximum Gasteiger partial charge on any atom is 0.296 e.